The number of nitrogens with zero attached hydrogens (tertiary/aromatic N) is 2. The van der Waals surface area contributed by atoms with Crippen LogP contribution in [-0.4, -0.2) is 20.9 Å². The summed E-state index contributed by atoms with van der Waals surface area (Å²) in [5, 5.41) is 13.3. The Labute approximate surface area is 102 Å². The molecule has 6 heteroatoms. The van der Waals surface area contributed by atoms with E-state index in [0.717, 1.165) is 0 Å². The fourth-order valence-electron chi connectivity index (χ4n) is 1.34. The summed E-state index contributed by atoms with van der Waals surface area (Å²) in [4.78, 5) is 11.0. The molecule has 5 nitrogen and oxygen atoms in total. The topological polar surface area (TPSA) is 64.3 Å². The zero-order valence-electron chi connectivity index (χ0n) is 8.92. The second kappa shape index (κ2) is 4.47. The molecule has 1 heterocycles. The minimum absolute atomic E-state index is 0.0539. The molecule has 0 saturated carbocycles. The van der Waals surface area contributed by atoms with Gasteiger partial charge in [-0.05, 0) is 12.1 Å². The molecule has 0 unspecified atom stereocenters. The van der Waals surface area contributed by atoms with Crippen molar-refractivity contribution in [1.29, 1.82) is 0 Å². The molecule has 0 fully saturated rings. The largest absolute Gasteiger partial charge is 0.478 e. The average molecular weight is 253 g/mol. The molecule has 0 radical (unpaired) electrons. The predicted octanol–water partition coefficient (Wildman–Crippen LogP) is 2.56. The molecule has 88 valence electrons. The first-order valence-electron chi connectivity index (χ1n) is 4.75. The average Bonchev–Trinajstić information content (AvgIpc) is 2.63. The number of halogens is 1. The fourth-order valence-corrected chi connectivity index (χ4v) is 1.50. The summed E-state index contributed by atoms with van der Waals surface area (Å²) in [5.41, 5.74) is 0.0539. The normalized spacial score (nSPS) is 10.2. The second-order valence-corrected chi connectivity index (χ2v) is 3.83. The molecule has 0 spiro atoms. The van der Waals surface area contributed by atoms with Gasteiger partial charge in [-0.3, -0.25) is 4.68 Å². The van der Waals surface area contributed by atoms with Crippen LogP contribution >= 0.6 is 11.6 Å². The summed E-state index contributed by atoms with van der Waals surface area (Å²) in [5.74, 6) is -0.421. The molecule has 2 aromatic rings. The number of carboxylic acid groups (broad SMARTS) is 1. The molecule has 1 N–H and O–H groups in total. The van der Waals surface area contributed by atoms with Gasteiger partial charge < -0.3 is 9.84 Å². The van der Waals surface area contributed by atoms with E-state index in [2.05, 4.69) is 5.10 Å². The Morgan fingerprint density at radius 2 is 2.29 bits per heavy atom. The maximum atomic E-state index is 11.0. The molecule has 1 aromatic heterocycles. The molecular formula is C11H9ClN2O3. The van der Waals surface area contributed by atoms with Gasteiger partial charge in [0, 0.05) is 18.1 Å². The number of rotatable bonds is 3. The number of hydrogen-bond acceptors (Lipinski definition) is 3. The quantitative estimate of drug-likeness (QED) is 0.912. The molecule has 2 rings (SSSR count). The Balaban J connectivity index is 2.37. The third-order valence-corrected chi connectivity index (χ3v) is 2.32. The van der Waals surface area contributed by atoms with E-state index in [4.69, 9.17) is 21.4 Å². The molecule has 0 saturated heterocycles. The lowest BCUT2D eigenvalue weighted by atomic mass is 10.2. The van der Waals surface area contributed by atoms with Crippen molar-refractivity contribution in [3.05, 3.63) is 41.2 Å². The van der Waals surface area contributed by atoms with E-state index >= 15 is 0 Å². The first-order chi connectivity index (χ1) is 8.06. The number of ether oxygens (including phenoxy) is 1. The van der Waals surface area contributed by atoms with Gasteiger partial charge in [0.05, 0.1) is 12.4 Å². The SMILES string of the molecule is Cn1cc(Oc2cc(Cl)ccc2C(=O)O)cn1. The van der Waals surface area contributed by atoms with E-state index in [-0.39, 0.29) is 11.3 Å². The van der Waals surface area contributed by atoms with Crippen LogP contribution in [0.4, 0.5) is 0 Å². The molecule has 17 heavy (non-hydrogen) atoms. The molecule has 0 aliphatic carbocycles. The van der Waals surface area contributed by atoms with Crippen LogP contribution in [-0.2, 0) is 7.05 Å². The highest BCUT2D eigenvalue weighted by atomic mass is 35.5. The summed E-state index contributed by atoms with van der Waals surface area (Å²) >= 11 is 5.80. The lowest BCUT2D eigenvalue weighted by Crippen LogP contribution is -1.99. The maximum Gasteiger partial charge on any atom is 0.339 e. The highest BCUT2D eigenvalue weighted by molar-refractivity contribution is 6.30. The van der Waals surface area contributed by atoms with Crippen molar-refractivity contribution in [2.24, 2.45) is 7.05 Å². The van der Waals surface area contributed by atoms with E-state index in [1.54, 1.807) is 17.9 Å². The van der Waals surface area contributed by atoms with E-state index < -0.39 is 5.97 Å². The Morgan fingerprint density at radius 1 is 1.53 bits per heavy atom. The summed E-state index contributed by atoms with van der Waals surface area (Å²) in [6.07, 6.45) is 3.12. The van der Waals surface area contributed by atoms with Crippen LogP contribution < -0.4 is 4.74 Å². The number of aromatic carboxylic acids is 1. The van der Waals surface area contributed by atoms with Crippen molar-refractivity contribution in [3.63, 3.8) is 0 Å². The highest BCUT2D eigenvalue weighted by Crippen LogP contribution is 2.28. The molecule has 0 aliphatic heterocycles. The van der Waals surface area contributed by atoms with Gasteiger partial charge in [-0.1, -0.05) is 11.6 Å². The Hall–Kier alpha value is -2.01. The number of aryl methyl sites for hydroxylation is 1. The van der Waals surface area contributed by atoms with Crippen molar-refractivity contribution in [2.75, 3.05) is 0 Å². The van der Waals surface area contributed by atoms with Crippen molar-refractivity contribution in [1.82, 2.24) is 9.78 Å². The molecular weight excluding hydrogens is 244 g/mol. The third-order valence-electron chi connectivity index (χ3n) is 2.08. The van der Waals surface area contributed by atoms with Crippen molar-refractivity contribution >= 4 is 17.6 Å². The van der Waals surface area contributed by atoms with Crippen LogP contribution in [0, 0.1) is 0 Å². The molecule has 1 aromatic carbocycles. The minimum Gasteiger partial charge on any atom is -0.478 e. The van der Waals surface area contributed by atoms with Crippen molar-refractivity contribution < 1.29 is 14.6 Å². The van der Waals surface area contributed by atoms with Gasteiger partial charge >= 0.3 is 5.97 Å². The van der Waals surface area contributed by atoms with Crippen molar-refractivity contribution in [3.8, 4) is 11.5 Å². The van der Waals surface area contributed by atoms with Crippen LogP contribution in [0.25, 0.3) is 0 Å². The van der Waals surface area contributed by atoms with Crippen LogP contribution in [0.3, 0.4) is 0 Å². The monoisotopic (exact) mass is 252 g/mol. The lowest BCUT2D eigenvalue weighted by molar-refractivity contribution is 0.0694. The van der Waals surface area contributed by atoms with Gasteiger partial charge in [0.1, 0.15) is 11.3 Å². The first kappa shape index (κ1) is 11.5. The summed E-state index contributed by atoms with van der Waals surface area (Å²) in [7, 11) is 1.74. The summed E-state index contributed by atoms with van der Waals surface area (Å²) in [6, 6.07) is 4.36. The van der Waals surface area contributed by atoms with Crippen LogP contribution in [0.15, 0.2) is 30.6 Å². The van der Waals surface area contributed by atoms with Crippen LogP contribution in [0.2, 0.25) is 5.02 Å². The standard InChI is InChI=1S/C11H9ClN2O3/c1-14-6-8(5-13-14)17-10-4-7(12)2-3-9(10)11(15)16/h2-6H,1H3,(H,15,16). The highest BCUT2D eigenvalue weighted by Gasteiger charge is 2.13. The Bertz CT molecular complexity index is 566. The number of aromatic nitrogens is 2. The smallest absolute Gasteiger partial charge is 0.339 e. The number of benzene rings is 1. The third kappa shape index (κ3) is 2.57. The molecule has 0 aliphatic rings. The van der Waals surface area contributed by atoms with Gasteiger partial charge in [-0.2, -0.15) is 5.10 Å². The summed E-state index contributed by atoms with van der Waals surface area (Å²) in [6.45, 7) is 0. The van der Waals surface area contributed by atoms with E-state index in [9.17, 15) is 4.79 Å². The van der Waals surface area contributed by atoms with Crippen molar-refractivity contribution in [2.45, 2.75) is 0 Å². The van der Waals surface area contributed by atoms with Crippen LogP contribution in [0.1, 0.15) is 10.4 Å². The van der Waals surface area contributed by atoms with E-state index in [1.165, 1.54) is 24.4 Å². The molecule has 0 bridgehead atoms. The van der Waals surface area contributed by atoms with Gasteiger partial charge in [-0.25, -0.2) is 4.79 Å². The Kier molecular flexibility index (Phi) is 3.01. The number of carboxylic acids is 1. The van der Waals surface area contributed by atoms with Gasteiger partial charge in [-0.15, -0.1) is 0 Å². The Morgan fingerprint density at radius 3 is 2.88 bits per heavy atom. The van der Waals surface area contributed by atoms with E-state index in [1.807, 2.05) is 0 Å². The van der Waals surface area contributed by atoms with Gasteiger partial charge in [0.25, 0.3) is 0 Å². The van der Waals surface area contributed by atoms with E-state index in [0.29, 0.717) is 10.8 Å². The van der Waals surface area contributed by atoms with Crippen LogP contribution in [0.5, 0.6) is 11.5 Å². The maximum absolute atomic E-state index is 11.0. The minimum atomic E-state index is -1.07. The zero-order chi connectivity index (χ0) is 12.4. The number of carbonyl (C=O) groups is 1. The first-order valence-corrected chi connectivity index (χ1v) is 5.13. The predicted molar refractivity (Wildman–Crippen MR) is 61.7 cm³/mol. The second-order valence-electron chi connectivity index (χ2n) is 3.40. The zero-order valence-corrected chi connectivity index (χ0v) is 9.68. The molecule has 0 atom stereocenters. The van der Waals surface area contributed by atoms with Gasteiger partial charge in [0.2, 0.25) is 0 Å². The lowest BCUT2D eigenvalue weighted by Gasteiger charge is -2.06. The summed E-state index contributed by atoms with van der Waals surface area (Å²) < 4.78 is 6.98. The number of hydrogen-bond donors (Lipinski definition) is 1. The fraction of sp³-hybridized carbons (Fsp3) is 0.0909. The van der Waals surface area contributed by atoms with Gasteiger partial charge in [0.15, 0.2) is 5.75 Å². The molecule has 0 amide bonds.